The topological polar surface area (TPSA) is 172 Å². The number of hydrogen-bond donors (Lipinski definition) is 4. The number of anilines is 1. The number of benzene rings is 2. The molecule has 2 aromatic carbocycles. The molecule has 1 atom stereocenters. The number of nitrogens with one attached hydrogen (secondary N) is 3. The second kappa shape index (κ2) is 11.9. The van der Waals surface area contributed by atoms with Gasteiger partial charge >= 0.3 is 0 Å². The van der Waals surface area contributed by atoms with Crippen molar-refractivity contribution >= 4 is 43.4 Å². The Balaban J connectivity index is 1.25. The number of sulfone groups is 1. The number of nitrogens with two attached hydrogens (primary N) is 1. The van der Waals surface area contributed by atoms with Gasteiger partial charge in [-0.05, 0) is 54.8 Å². The molecule has 6 aromatic rings. The molecule has 0 radical (unpaired) electrons. The molecular formula is C33H30F2N8O3S. The lowest BCUT2D eigenvalue weighted by atomic mass is 9.88. The number of hydrogen-bond acceptors (Lipinski definition) is 8. The van der Waals surface area contributed by atoms with Gasteiger partial charge in [0.1, 0.15) is 28.2 Å². The summed E-state index contributed by atoms with van der Waals surface area (Å²) in [4.78, 5) is 29.4. The van der Waals surface area contributed by atoms with E-state index in [-0.39, 0.29) is 23.0 Å². The Bertz CT molecular complexity index is 2280. The number of H-pyrrole nitrogens is 2. The van der Waals surface area contributed by atoms with Gasteiger partial charge < -0.3 is 16.0 Å². The van der Waals surface area contributed by atoms with Crippen LogP contribution in [0.5, 0.6) is 0 Å². The summed E-state index contributed by atoms with van der Waals surface area (Å²) >= 11 is 0. The minimum atomic E-state index is -3.69. The Kier molecular flexibility index (Phi) is 7.76. The van der Waals surface area contributed by atoms with Gasteiger partial charge in [0.2, 0.25) is 5.91 Å². The van der Waals surface area contributed by atoms with E-state index < -0.39 is 26.8 Å². The van der Waals surface area contributed by atoms with Crippen LogP contribution in [0, 0.1) is 17.6 Å². The number of rotatable bonds is 7. The van der Waals surface area contributed by atoms with E-state index in [0.717, 1.165) is 44.4 Å². The average Bonchev–Trinajstić information content (AvgIpc) is 3.67. The molecule has 4 aromatic heterocycles. The molecule has 0 spiro atoms. The van der Waals surface area contributed by atoms with Gasteiger partial charge in [-0.15, -0.1) is 0 Å². The van der Waals surface area contributed by atoms with E-state index in [2.05, 4.69) is 30.5 Å². The maximum Gasteiger partial charge on any atom is 0.227 e. The highest BCUT2D eigenvalue weighted by Crippen LogP contribution is 2.35. The minimum absolute atomic E-state index is 0.0402. The smallest absolute Gasteiger partial charge is 0.227 e. The van der Waals surface area contributed by atoms with Crippen molar-refractivity contribution < 1.29 is 22.0 Å². The van der Waals surface area contributed by atoms with Crippen molar-refractivity contribution in [2.75, 3.05) is 11.6 Å². The largest absolute Gasteiger partial charge is 0.336 e. The third-order valence-electron chi connectivity index (χ3n) is 8.55. The monoisotopic (exact) mass is 656 g/mol. The van der Waals surface area contributed by atoms with Crippen molar-refractivity contribution in [3.05, 3.63) is 78.3 Å². The molecule has 0 aliphatic heterocycles. The van der Waals surface area contributed by atoms with Crippen LogP contribution in [-0.4, -0.2) is 50.7 Å². The Morgan fingerprint density at radius 3 is 2.60 bits per heavy atom. The number of amides is 1. The van der Waals surface area contributed by atoms with Crippen molar-refractivity contribution in [3.63, 3.8) is 0 Å². The van der Waals surface area contributed by atoms with Crippen molar-refractivity contribution in [1.82, 2.24) is 30.1 Å². The molecule has 11 nitrogen and oxygen atoms in total. The Labute approximate surface area is 268 Å². The van der Waals surface area contributed by atoms with Crippen molar-refractivity contribution in [3.8, 4) is 33.9 Å². The van der Waals surface area contributed by atoms with Crippen LogP contribution in [0.2, 0.25) is 0 Å². The van der Waals surface area contributed by atoms with E-state index in [1.165, 1.54) is 30.6 Å². The maximum atomic E-state index is 15.4. The van der Waals surface area contributed by atoms with Crippen LogP contribution in [0.4, 0.5) is 14.5 Å². The summed E-state index contributed by atoms with van der Waals surface area (Å²) in [5.74, 6) is -0.930. The summed E-state index contributed by atoms with van der Waals surface area (Å²) in [5.41, 5.74) is 9.56. The summed E-state index contributed by atoms with van der Waals surface area (Å²) in [7, 11) is -3.69. The van der Waals surface area contributed by atoms with E-state index >= 15 is 4.39 Å². The Hall–Kier alpha value is -5.08. The summed E-state index contributed by atoms with van der Waals surface area (Å²) in [6.45, 7) is 0. The predicted octanol–water partition coefficient (Wildman–Crippen LogP) is 6.03. The van der Waals surface area contributed by atoms with E-state index in [4.69, 9.17) is 10.7 Å². The molecule has 14 heteroatoms. The third kappa shape index (κ3) is 5.97. The van der Waals surface area contributed by atoms with Gasteiger partial charge in [-0.3, -0.25) is 19.9 Å². The number of halogens is 2. The zero-order valence-electron chi connectivity index (χ0n) is 25.2. The first kappa shape index (κ1) is 30.6. The molecule has 7 rings (SSSR count). The zero-order valence-corrected chi connectivity index (χ0v) is 26.0. The van der Waals surface area contributed by atoms with Crippen LogP contribution >= 0.6 is 0 Å². The normalized spacial score (nSPS) is 14.9. The lowest BCUT2D eigenvalue weighted by molar-refractivity contribution is -0.120. The van der Waals surface area contributed by atoms with Gasteiger partial charge in [-0.1, -0.05) is 19.3 Å². The fourth-order valence-electron chi connectivity index (χ4n) is 6.12. The fraction of sp³-hybridized carbons (Fsp3) is 0.242. The molecular weight excluding hydrogens is 626 g/mol. The van der Waals surface area contributed by atoms with Gasteiger partial charge in [-0.2, -0.15) is 5.10 Å². The van der Waals surface area contributed by atoms with Crippen LogP contribution in [0.25, 0.3) is 55.8 Å². The number of fused-ring (bicyclic) bond motifs is 2. The molecule has 1 aliphatic rings. The summed E-state index contributed by atoms with van der Waals surface area (Å²) in [5, 5.41) is 9.35. The quantitative estimate of drug-likeness (QED) is 0.161. The van der Waals surface area contributed by atoms with Gasteiger partial charge in [0.05, 0.1) is 28.6 Å². The van der Waals surface area contributed by atoms with Crippen molar-refractivity contribution in [2.24, 2.45) is 11.7 Å². The molecule has 4 heterocycles. The fourth-order valence-corrected chi connectivity index (χ4v) is 6.75. The Morgan fingerprint density at radius 1 is 1.00 bits per heavy atom. The van der Waals surface area contributed by atoms with Crippen LogP contribution in [0.1, 0.15) is 43.0 Å². The predicted molar refractivity (Wildman–Crippen MR) is 175 cm³/mol. The highest BCUT2D eigenvalue weighted by atomic mass is 32.2. The Morgan fingerprint density at radius 2 is 1.81 bits per heavy atom. The van der Waals surface area contributed by atoms with Crippen LogP contribution in [0.3, 0.4) is 0 Å². The number of carbonyl (C=O) groups excluding carboxylic acids is 1. The van der Waals surface area contributed by atoms with Gasteiger partial charge in [0.15, 0.2) is 15.7 Å². The molecule has 1 unspecified atom stereocenters. The highest BCUT2D eigenvalue weighted by Gasteiger charge is 2.23. The first-order chi connectivity index (χ1) is 22.5. The number of nitrogens with zero attached hydrogens (tertiary/aromatic N) is 4. The number of carbonyl (C=O) groups is 1. The number of pyridine rings is 2. The molecule has 0 bridgehead atoms. The number of aromatic amines is 2. The standard InChI is InChI=1S/C33H30F2N8O3S/c1-47(45,46)31(36)19-9-18(10-21(34)11-19)28-30-26(7-8-38-28)40-32(41-30)29-24-13-23(25(35)14-27(24)42-43-29)20-12-22(16-37-15-20)39-33(44)17-5-3-2-4-6-17/h7-17,31H,2-6,36H2,1H3,(H,39,44)(H,40,41)(H,42,43). The van der Waals surface area contributed by atoms with Crippen LogP contribution < -0.4 is 11.1 Å². The zero-order chi connectivity index (χ0) is 32.9. The lowest BCUT2D eigenvalue weighted by Gasteiger charge is -2.20. The third-order valence-corrected chi connectivity index (χ3v) is 9.75. The van der Waals surface area contributed by atoms with E-state index in [9.17, 15) is 17.6 Å². The van der Waals surface area contributed by atoms with Gasteiger partial charge in [0, 0.05) is 52.7 Å². The van der Waals surface area contributed by atoms with Crippen LogP contribution in [-0.2, 0) is 14.6 Å². The van der Waals surface area contributed by atoms with E-state index in [1.54, 1.807) is 24.4 Å². The summed E-state index contributed by atoms with van der Waals surface area (Å²) in [6.07, 6.45) is 10.5. The first-order valence-electron chi connectivity index (χ1n) is 15.1. The molecule has 1 fully saturated rings. The number of aromatic nitrogens is 6. The molecule has 1 aliphatic carbocycles. The molecule has 240 valence electrons. The highest BCUT2D eigenvalue weighted by molar-refractivity contribution is 7.90. The molecule has 1 saturated carbocycles. The maximum absolute atomic E-state index is 15.4. The van der Waals surface area contributed by atoms with Gasteiger partial charge in [0.25, 0.3) is 0 Å². The molecule has 5 N–H and O–H groups in total. The minimum Gasteiger partial charge on any atom is -0.336 e. The first-order valence-corrected chi connectivity index (χ1v) is 17.0. The molecule has 1 amide bonds. The number of imidazole rings is 1. The molecule has 0 saturated heterocycles. The second-order valence-corrected chi connectivity index (χ2v) is 14.1. The van der Waals surface area contributed by atoms with Crippen molar-refractivity contribution in [1.29, 1.82) is 0 Å². The van der Waals surface area contributed by atoms with Crippen LogP contribution in [0.15, 0.2) is 61.1 Å². The lowest BCUT2D eigenvalue weighted by Crippen LogP contribution is -2.24. The van der Waals surface area contributed by atoms with E-state index in [0.29, 0.717) is 56.0 Å². The second-order valence-electron chi connectivity index (χ2n) is 11.9. The SMILES string of the molecule is CS(=O)(=O)C(N)c1cc(F)cc(-c2nccc3[nH]c(-c4n[nH]c5cc(F)c(-c6cncc(NC(=O)C7CCCCC7)c6)cc45)nc23)c1. The summed E-state index contributed by atoms with van der Waals surface area (Å²) in [6, 6.07) is 10.1. The van der Waals surface area contributed by atoms with E-state index in [1.807, 2.05) is 0 Å². The van der Waals surface area contributed by atoms with Crippen molar-refractivity contribution in [2.45, 2.75) is 37.5 Å². The average molecular weight is 657 g/mol. The van der Waals surface area contributed by atoms with Gasteiger partial charge in [-0.25, -0.2) is 22.2 Å². The summed E-state index contributed by atoms with van der Waals surface area (Å²) < 4.78 is 54.2. The molecule has 47 heavy (non-hydrogen) atoms.